The van der Waals surface area contributed by atoms with Crippen molar-refractivity contribution >= 4 is 65.0 Å². The van der Waals surface area contributed by atoms with Crippen molar-refractivity contribution in [1.29, 1.82) is 0 Å². The molecule has 0 spiro atoms. The maximum Gasteiger partial charge on any atom is 0.268 e. The summed E-state index contributed by atoms with van der Waals surface area (Å²) >= 11 is 0. The van der Waals surface area contributed by atoms with Crippen LogP contribution < -0.4 is 99.9 Å². The molecule has 0 aliphatic carbocycles. The smallest absolute Gasteiger partial charge is 0.268 e. The predicted molar refractivity (Wildman–Crippen MR) is 307 cm³/mol. The molecule has 1 fully saturated rings. The van der Waals surface area contributed by atoms with E-state index in [-0.39, 0.29) is 89.2 Å². The summed E-state index contributed by atoms with van der Waals surface area (Å²) in [5.41, 5.74) is 56.4. The van der Waals surface area contributed by atoms with Gasteiger partial charge in [0.15, 0.2) is 5.96 Å². The molecule has 31 N–H and O–H groups in total. The molecule has 34 heteroatoms. The van der Waals surface area contributed by atoms with Crippen molar-refractivity contribution < 1.29 is 58.2 Å². The minimum atomic E-state index is -1.84. The molecule has 2 heterocycles. The van der Waals surface area contributed by atoms with E-state index in [1.807, 2.05) is 0 Å². The Bertz CT molecular complexity index is 2320. The zero-order valence-corrected chi connectivity index (χ0v) is 47.6. The molecule has 0 radical (unpaired) electrons. The van der Waals surface area contributed by atoms with Crippen molar-refractivity contribution in [3.8, 4) is 0 Å². The van der Waals surface area contributed by atoms with Crippen LogP contribution in [0.4, 0.5) is 0 Å². The van der Waals surface area contributed by atoms with Crippen molar-refractivity contribution in [3.63, 3.8) is 0 Å². The summed E-state index contributed by atoms with van der Waals surface area (Å²) in [5, 5.41) is 41.1. The van der Waals surface area contributed by atoms with Crippen LogP contribution in [0.25, 0.3) is 0 Å². The van der Waals surface area contributed by atoms with Gasteiger partial charge in [-0.05, 0) is 110 Å². The largest absolute Gasteiger partial charge is 0.389 e. The van der Waals surface area contributed by atoms with E-state index in [0.717, 1.165) is 0 Å². The monoisotopic (exact) mass is 1190 g/mol. The number of nitrogens with one attached hydrogen (secondary N) is 9. The molecule has 0 unspecified atom stereocenters. The molecule has 10 atom stereocenters. The Morgan fingerprint density at radius 1 is 0.667 bits per heavy atom. The molecule has 34 nitrogen and oxygen atoms in total. The second kappa shape index (κ2) is 39.9. The highest BCUT2D eigenvalue weighted by molar-refractivity contribution is 6.02. The van der Waals surface area contributed by atoms with Gasteiger partial charge in [0.05, 0.1) is 31.1 Å². The number of carbonyl (C=O) groups is 10. The summed E-state index contributed by atoms with van der Waals surface area (Å²) in [6, 6.07) is -11.0. The van der Waals surface area contributed by atoms with Gasteiger partial charge in [0.2, 0.25) is 53.2 Å². The van der Waals surface area contributed by atoms with Gasteiger partial charge in [0, 0.05) is 44.5 Å². The summed E-state index contributed by atoms with van der Waals surface area (Å²) in [5.74, 6) is -9.08. The lowest BCUT2D eigenvalue weighted by atomic mass is 10.0. The highest BCUT2D eigenvalue weighted by atomic mass is 16.3. The van der Waals surface area contributed by atoms with E-state index in [1.165, 1.54) is 23.5 Å². The van der Waals surface area contributed by atoms with Gasteiger partial charge in [0.25, 0.3) is 5.91 Å². The summed E-state index contributed by atoms with van der Waals surface area (Å²) in [7, 11) is 0. The molecule has 0 bridgehead atoms. The topological polar surface area (TPSA) is 612 Å². The maximum atomic E-state index is 14.4. The zero-order chi connectivity index (χ0) is 62.7. The fraction of sp³-hybridized carbons (Fsp3) is 0.680. The fourth-order valence-corrected chi connectivity index (χ4v) is 8.66. The summed E-state index contributed by atoms with van der Waals surface area (Å²) < 4.78 is 0. The van der Waals surface area contributed by atoms with Gasteiger partial charge in [0.1, 0.15) is 48.0 Å². The number of hydrogen-bond donors (Lipinski definition) is 21. The lowest BCUT2D eigenvalue weighted by molar-refractivity contribution is -0.142. The lowest BCUT2D eigenvalue weighted by Crippen LogP contribution is -2.63. The van der Waals surface area contributed by atoms with Gasteiger partial charge in [-0.2, -0.15) is 0 Å². The number of likely N-dealkylation sites (tertiary alicyclic amines) is 1. The second-order valence-corrected chi connectivity index (χ2v) is 20.0. The zero-order valence-electron chi connectivity index (χ0n) is 47.6. The third kappa shape index (κ3) is 26.0. The highest BCUT2D eigenvalue weighted by Crippen LogP contribution is 2.21. The number of aromatic nitrogens is 2. The summed E-state index contributed by atoms with van der Waals surface area (Å²) in [6.45, 7) is -0.809. The van der Waals surface area contributed by atoms with Crippen molar-refractivity contribution in [1.82, 2.24) is 57.4 Å². The first-order chi connectivity index (χ1) is 40.1. The molecule has 0 aromatic carbocycles. The van der Waals surface area contributed by atoms with E-state index < -0.39 is 139 Å². The third-order valence-corrected chi connectivity index (χ3v) is 13.4. The number of amides is 10. The molecule has 0 saturated carbocycles. The molecule has 1 aliphatic heterocycles. The number of primary amides is 1. The standard InChI is InChI=1S/C50H92N22O12/c51-16-4-1-10-29(57)42(77)70-40(37(74)24-56)48(83)71-39(36(73)23-55)47(82)63-26-38(75)65-33(13-7-19-54)49(84)72-21-9-15-35(72)46(81)69-34(22-28-25-61-27-64-28)45(80)68-31(12-3-6-18-53)44(79)67-32(14-8-20-62-50(59)60)43(78)66-30(41(58)76)11-2-5-17-52/h14,25,27,29-31,33-37,39-40,73-74H,1-13,15-24,26,51-57H2,(H2,58,76)(H,61,64)(H,63,82)(H,65,75)(H,66,78)(H,67,79)(H,68,80)(H,69,81)(H,70,77)(H,71,83)(H4,59,60,62)/b32-14-/t29-,30-,31-,33+,34-,35-,36-,37-,39-,40-/m0/s1. The molecule has 84 heavy (non-hydrogen) atoms. The maximum absolute atomic E-state index is 14.4. The minimum absolute atomic E-state index is 0.0109. The number of imidazole rings is 1. The van der Waals surface area contributed by atoms with Gasteiger partial charge in [-0.25, -0.2) is 4.98 Å². The average Bonchev–Trinajstić information content (AvgIpc) is 4.09. The Hall–Kier alpha value is -7.44. The SMILES string of the molecule is NCCCC[C@H](NC(=O)/C(=C/CCN=C(N)N)NC(=O)[C@H](CCCCN)NC(=O)[C@H](Cc1cnc[nH]1)NC(=O)[C@@H]1CCCN1C(=O)[C@@H](CCCN)NC(=O)CNC(=O)[C@@H](NC(=O)[C@@H](NC(=O)[C@@H](N)CCCCN)[C@@H](O)CN)[C@@H](O)CN)C(N)=O. The molecule has 1 aliphatic rings. The normalized spacial score (nSPS) is 16.4. The fourth-order valence-electron chi connectivity index (χ4n) is 8.66. The number of unbranched alkanes of at least 4 members (excludes halogenated alkanes) is 3. The quantitative estimate of drug-likeness (QED) is 0.0125. The molecule has 1 saturated heterocycles. The molecule has 1 aromatic rings. The number of aliphatic imine (C=N–C) groups is 1. The number of aromatic amines is 1. The van der Waals surface area contributed by atoms with E-state index >= 15 is 0 Å². The number of guanidine groups is 1. The molecule has 1 aromatic heterocycles. The summed E-state index contributed by atoms with van der Waals surface area (Å²) in [4.78, 5) is 148. The van der Waals surface area contributed by atoms with Crippen LogP contribution in [-0.2, 0) is 54.4 Å². The van der Waals surface area contributed by atoms with E-state index in [0.29, 0.717) is 63.7 Å². The first-order valence-electron chi connectivity index (χ1n) is 28.1. The molecular weight excluding hydrogens is 1100 g/mol. The molecule has 10 amide bonds. The van der Waals surface area contributed by atoms with Crippen molar-refractivity contribution in [3.05, 3.63) is 30.0 Å². The number of aliphatic hydroxyl groups excluding tert-OH is 2. The van der Waals surface area contributed by atoms with Gasteiger partial charge in [-0.15, -0.1) is 0 Å². The van der Waals surface area contributed by atoms with Gasteiger partial charge in [-0.3, -0.25) is 52.9 Å². The van der Waals surface area contributed by atoms with Crippen LogP contribution in [0.3, 0.4) is 0 Å². The van der Waals surface area contributed by atoms with Crippen molar-refractivity contribution in [2.45, 2.75) is 157 Å². The van der Waals surface area contributed by atoms with E-state index in [4.69, 9.17) is 57.3 Å². The predicted octanol–water partition coefficient (Wildman–Crippen LogP) is -9.79. The number of rotatable bonds is 42. The van der Waals surface area contributed by atoms with Crippen LogP contribution in [0.2, 0.25) is 0 Å². The molecule has 474 valence electrons. The lowest BCUT2D eigenvalue weighted by Gasteiger charge is -2.30. The highest BCUT2D eigenvalue weighted by Gasteiger charge is 2.40. The van der Waals surface area contributed by atoms with E-state index in [1.54, 1.807) is 0 Å². The number of carbonyl (C=O) groups excluding carboxylic acids is 10. The Morgan fingerprint density at radius 2 is 1.25 bits per heavy atom. The Morgan fingerprint density at radius 3 is 1.82 bits per heavy atom. The van der Waals surface area contributed by atoms with Crippen LogP contribution in [0.1, 0.15) is 95.6 Å². The van der Waals surface area contributed by atoms with Crippen LogP contribution in [0.15, 0.2) is 29.3 Å². The van der Waals surface area contributed by atoms with Crippen LogP contribution in [-0.4, -0.2) is 210 Å². The number of nitrogens with zero attached hydrogens (tertiary/aromatic N) is 3. The van der Waals surface area contributed by atoms with Crippen LogP contribution >= 0.6 is 0 Å². The molecule has 2 rings (SSSR count). The third-order valence-electron chi connectivity index (χ3n) is 13.4. The van der Waals surface area contributed by atoms with Gasteiger partial charge < -0.3 is 120 Å². The van der Waals surface area contributed by atoms with Crippen LogP contribution in [0, 0.1) is 0 Å². The van der Waals surface area contributed by atoms with E-state index in [9.17, 15) is 58.2 Å². The summed E-state index contributed by atoms with van der Waals surface area (Å²) in [6.07, 6.45) is 4.40. The Labute approximate surface area is 487 Å². The number of hydrogen-bond acceptors (Lipinski definition) is 21. The van der Waals surface area contributed by atoms with Gasteiger partial charge >= 0.3 is 0 Å². The van der Waals surface area contributed by atoms with Crippen molar-refractivity contribution in [2.75, 3.05) is 58.9 Å². The first kappa shape index (κ1) is 72.7. The van der Waals surface area contributed by atoms with E-state index in [2.05, 4.69) is 57.5 Å². The number of H-pyrrole nitrogens is 1. The van der Waals surface area contributed by atoms with Crippen LogP contribution in [0.5, 0.6) is 0 Å². The number of nitrogens with two attached hydrogens (primary N) is 10. The average molecular weight is 1190 g/mol. The van der Waals surface area contributed by atoms with Gasteiger partial charge in [-0.1, -0.05) is 12.5 Å². The molecular formula is C50H92N22O12. The Balaban J connectivity index is 2.35. The first-order valence-corrected chi connectivity index (χ1v) is 28.1. The number of aliphatic hydroxyl groups is 2. The second-order valence-electron chi connectivity index (χ2n) is 20.0. The Kier molecular flexibility index (Phi) is 34.5. The van der Waals surface area contributed by atoms with Crippen molar-refractivity contribution in [2.24, 2.45) is 62.3 Å². The minimum Gasteiger partial charge on any atom is -0.389 e.